The van der Waals surface area contributed by atoms with Crippen molar-refractivity contribution in [1.82, 2.24) is 5.32 Å². The zero-order chi connectivity index (χ0) is 15.8. The molecule has 0 radical (unpaired) electrons. The Kier molecular flexibility index (Phi) is 5.98. The minimum absolute atomic E-state index is 0.322. The highest BCUT2D eigenvalue weighted by Gasteiger charge is 2.01. The van der Waals surface area contributed by atoms with E-state index in [4.69, 9.17) is 9.84 Å². The minimum Gasteiger partial charge on any atom is -0.497 e. The lowest BCUT2D eigenvalue weighted by atomic mass is 10.1. The zero-order valence-corrected chi connectivity index (χ0v) is 12.7. The van der Waals surface area contributed by atoms with Crippen molar-refractivity contribution in [2.75, 3.05) is 13.7 Å². The summed E-state index contributed by atoms with van der Waals surface area (Å²) in [5.74, 6) is -0.00863. The van der Waals surface area contributed by atoms with Gasteiger partial charge in [-0.3, -0.25) is 0 Å². The predicted octanol–water partition coefficient (Wildman–Crippen LogP) is 3.12. The van der Waals surface area contributed by atoms with Crippen molar-refractivity contribution in [3.05, 3.63) is 65.2 Å². The molecule has 0 aromatic heterocycles. The van der Waals surface area contributed by atoms with Gasteiger partial charge in [-0.2, -0.15) is 0 Å². The van der Waals surface area contributed by atoms with Gasteiger partial charge in [0, 0.05) is 6.54 Å². The lowest BCUT2D eigenvalue weighted by Gasteiger charge is -2.06. The maximum atomic E-state index is 10.8. The maximum absolute atomic E-state index is 10.8. The van der Waals surface area contributed by atoms with Gasteiger partial charge in [0.1, 0.15) is 5.75 Å². The largest absolute Gasteiger partial charge is 0.497 e. The summed E-state index contributed by atoms with van der Waals surface area (Å²) in [6.07, 6.45) is 2.08. The highest BCUT2D eigenvalue weighted by molar-refractivity contribution is 5.87. The predicted molar refractivity (Wildman–Crippen MR) is 86.4 cm³/mol. The van der Waals surface area contributed by atoms with Crippen LogP contribution in [0.5, 0.6) is 5.75 Å². The van der Waals surface area contributed by atoms with Crippen LogP contribution in [0.25, 0.3) is 0 Å². The maximum Gasteiger partial charge on any atom is 0.335 e. The number of ether oxygens (including phenoxy) is 1. The van der Waals surface area contributed by atoms with Gasteiger partial charge in [0.15, 0.2) is 0 Å². The molecule has 2 rings (SSSR count). The van der Waals surface area contributed by atoms with Crippen LogP contribution in [-0.4, -0.2) is 24.7 Å². The molecule has 0 aliphatic carbocycles. The van der Waals surface area contributed by atoms with Crippen LogP contribution in [0.2, 0.25) is 0 Å². The second kappa shape index (κ2) is 8.20. The highest BCUT2D eigenvalue weighted by Crippen LogP contribution is 2.12. The van der Waals surface area contributed by atoms with Crippen LogP contribution in [-0.2, 0) is 13.0 Å². The first-order chi connectivity index (χ1) is 10.7. The average molecular weight is 299 g/mol. The summed E-state index contributed by atoms with van der Waals surface area (Å²) in [4.78, 5) is 10.8. The number of nitrogens with one attached hydrogen (secondary N) is 1. The molecule has 0 aliphatic rings. The first-order valence-corrected chi connectivity index (χ1v) is 7.35. The molecule has 0 saturated carbocycles. The van der Waals surface area contributed by atoms with E-state index in [9.17, 15) is 4.79 Å². The fraction of sp³-hybridized carbons (Fsp3) is 0.278. The number of aromatic carboxylic acids is 1. The molecular formula is C18H21NO3. The first kappa shape index (κ1) is 16.0. The molecule has 0 aliphatic heterocycles. The standard InChI is InChI=1S/C18H21NO3/c1-22-17-10-6-14(7-11-17)3-2-12-19-13-15-4-8-16(9-5-15)18(20)21/h4-11,19H,2-3,12-13H2,1H3,(H,20,21). The fourth-order valence-electron chi connectivity index (χ4n) is 2.21. The molecule has 0 bridgehead atoms. The van der Waals surface area contributed by atoms with Crippen LogP contribution in [0.4, 0.5) is 0 Å². The van der Waals surface area contributed by atoms with Gasteiger partial charge in [-0.15, -0.1) is 0 Å². The van der Waals surface area contributed by atoms with Gasteiger partial charge in [-0.1, -0.05) is 24.3 Å². The number of rotatable bonds is 8. The third-order valence-corrected chi connectivity index (χ3v) is 3.51. The molecule has 22 heavy (non-hydrogen) atoms. The molecule has 0 atom stereocenters. The molecule has 2 aromatic rings. The quantitative estimate of drug-likeness (QED) is 0.735. The van der Waals surface area contributed by atoms with Gasteiger partial charge in [0.05, 0.1) is 12.7 Å². The Labute approximate surface area is 130 Å². The lowest BCUT2D eigenvalue weighted by molar-refractivity contribution is 0.0697. The van der Waals surface area contributed by atoms with Gasteiger partial charge in [-0.25, -0.2) is 4.79 Å². The lowest BCUT2D eigenvalue weighted by Crippen LogP contribution is -2.15. The molecule has 0 heterocycles. The van der Waals surface area contributed by atoms with E-state index in [-0.39, 0.29) is 0 Å². The Hall–Kier alpha value is -2.33. The molecular weight excluding hydrogens is 278 g/mol. The Balaban J connectivity index is 1.67. The summed E-state index contributed by atoms with van der Waals surface area (Å²) in [7, 11) is 1.67. The van der Waals surface area contributed by atoms with Crippen LogP contribution in [0.15, 0.2) is 48.5 Å². The van der Waals surface area contributed by atoms with Gasteiger partial charge in [0.25, 0.3) is 0 Å². The van der Waals surface area contributed by atoms with Crippen molar-refractivity contribution in [3.8, 4) is 5.75 Å². The summed E-state index contributed by atoms with van der Waals surface area (Å²) in [5.41, 5.74) is 2.71. The third-order valence-electron chi connectivity index (χ3n) is 3.51. The van der Waals surface area contributed by atoms with E-state index >= 15 is 0 Å². The molecule has 0 fully saturated rings. The van der Waals surface area contributed by atoms with Gasteiger partial charge in [0.2, 0.25) is 0 Å². The number of carboxylic acids is 1. The van der Waals surface area contributed by atoms with Crippen LogP contribution in [0.3, 0.4) is 0 Å². The summed E-state index contributed by atoms with van der Waals surface area (Å²) in [6, 6.07) is 15.1. The molecule has 2 N–H and O–H groups in total. The Morgan fingerprint density at radius 3 is 2.27 bits per heavy atom. The van der Waals surface area contributed by atoms with Crippen molar-refractivity contribution in [3.63, 3.8) is 0 Å². The molecule has 4 nitrogen and oxygen atoms in total. The third kappa shape index (κ3) is 4.90. The summed E-state index contributed by atoms with van der Waals surface area (Å²) >= 11 is 0. The van der Waals surface area contributed by atoms with E-state index in [0.717, 1.165) is 37.2 Å². The van der Waals surface area contributed by atoms with E-state index in [0.29, 0.717) is 5.56 Å². The average Bonchev–Trinajstić information content (AvgIpc) is 2.55. The number of hydrogen-bond donors (Lipinski definition) is 2. The molecule has 0 amide bonds. The molecule has 4 heteroatoms. The zero-order valence-electron chi connectivity index (χ0n) is 12.7. The number of aryl methyl sites for hydroxylation is 1. The Bertz CT molecular complexity index is 591. The van der Waals surface area contributed by atoms with Crippen LogP contribution >= 0.6 is 0 Å². The van der Waals surface area contributed by atoms with Crippen LogP contribution in [0.1, 0.15) is 27.9 Å². The number of carbonyl (C=O) groups is 1. The van der Waals surface area contributed by atoms with Crippen molar-refractivity contribution in [2.45, 2.75) is 19.4 Å². The Morgan fingerprint density at radius 2 is 1.68 bits per heavy atom. The fourth-order valence-corrected chi connectivity index (χ4v) is 2.21. The SMILES string of the molecule is COc1ccc(CCCNCc2ccc(C(=O)O)cc2)cc1. The number of hydrogen-bond acceptors (Lipinski definition) is 3. The summed E-state index contributed by atoms with van der Waals surface area (Å²) in [6.45, 7) is 1.68. The van der Waals surface area contributed by atoms with E-state index < -0.39 is 5.97 Å². The number of methoxy groups -OCH3 is 1. The number of benzene rings is 2. The van der Waals surface area contributed by atoms with E-state index in [1.54, 1.807) is 19.2 Å². The van der Waals surface area contributed by atoms with Crippen LogP contribution in [0, 0.1) is 0 Å². The van der Waals surface area contributed by atoms with Crippen molar-refractivity contribution in [2.24, 2.45) is 0 Å². The minimum atomic E-state index is -0.890. The smallest absolute Gasteiger partial charge is 0.335 e. The Morgan fingerprint density at radius 1 is 1.05 bits per heavy atom. The first-order valence-electron chi connectivity index (χ1n) is 7.35. The number of carboxylic acid groups (broad SMARTS) is 1. The molecule has 116 valence electrons. The second-order valence-corrected chi connectivity index (χ2v) is 5.13. The highest BCUT2D eigenvalue weighted by atomic mass is 16.5. The van der Waals surface area contributed by atoms with E-state index in [2.05, 4.69) is 17.4 Å². The summed E-state index contributed by atoms with van der Waals surface area (Å²) in [5, 5.41) is 12.2. The van der Waals surface area contributed by atoms with E-state index in [1.165, 1.54) is 5.56 Å². The van der Waals surface area contributed by atoms with Crippen LogP contribution < -0.4 is 10.1 Å². The van der Waals surface area contributed by atoms with Crippen molar-refractivity contribution in [1.29, 1.82) is 0 Å². The summed E-state index contributed by atoms with van der Waals surface area (Å²) < 4.78 is 5.14. The van der Waals surface area contributed by atoms with E-state index in [1.807, 2.05) is 24.3 Å². The molecule has 0 unspecified atom stereocenters. The molecule has 0 spiro atoms. The topological polar surface area (TPSA) is 58.6 Å². The van der Waals surface area contributed by atoms with Crippen molar-refractivity contribution < 1.29 is 14.6 Å². The van der Waals surface area contributed by atoms with Crippen molar-refractivity contribution >= 4 is 5.97 Å². The second-order valence-electron chi connectivity index (χ2n) is 5.13. The van der Waals surface area contributed by atoms with Gasteiger partial charge in [-0.05, 0) is 54.8 Å². The van der Waals surface area contributed by atoms with Gasteiger partial charge >= 0.3 is 5.97 Å². The molecule has 2 aromatic carbocycles. The monoisotopic (exact) mass is 299 g/mol. The normalized spacial score (nSPS) is 10.4. The van der Waals surface area contributed by atoms with Gasteiger partial charge < -0.3 is 15.2 Å². The molecule has 0 saturated heterocycles.